The highest BCUT2D eigenvalue weighted by molar-refractivity contribution is 6.09. The molecule has 0 bridgehead atoms. The number of methoxy groups -OCH3 is 3. The average Bonchev–Trinajstić information content (AvgIpc) is 2.26. The Morgan fingerprint density at radius 3 is 1.71 bits per heavy atom. The molecule has 0 N–H and O–H groups in total. The Morgan fingerprint density at radius 2 is 1.43 bits per heavy atom. The van der Waals surface area contributed by atoms with Gasteiger partial charge in [-0.15, -0.1) is 0 Å². The third-order valence-corrected chi connectivity index (χ3v) is 1.91. The first-order chi connectivity index (χ1) is 6.76. The van der Waals surface area contributed by atoms with E-state index in [1.54, 1.807) is 12.1 Å². The van der Waals surface area contributed by atoms with Crippen molar-refractivity contribution in [3.05, 3.63) is 12.1 Å². The van der Waals surface area contributed by atoms with Gasteiger partial charge in [-0.05, 0) is 0 Å². The molecule has 1 aromatic rings. The van der Waals surface area contributed by atoms with Gasteiger partial charge in [0.25, 0.3) is 0 Å². The van der Waals surface area contributed by atoms with Crippen molar-refractivity contribution in [2.45, 2.75) is 0 Å². The fourth-order valence-corrected chi connectivity index (χ4v) is 1.19. The summed E-state index contributed by atoms with van der Waals surface area (Å²) in [5, 5.41) is 0. The number of rotatable bonds is 4. The fraction of sp³-hybridized carbons (Fsp3) is 0.333. The Bertz CT molecular complexity index is 289. The summed E-state index contributed by atoms with van der Waals surface area (Å²) in [6, 6.07) is 3.21. The maximum Gasteiger partial charge on any atom is 0.203 e. The molecule has 0 heterocycles. The van der Waals surface area contributed by atoms with Gasteiger partial charge in [0.2, 0.25) is 5.75 Å². The summed E-state index contributed by atoms with van der Waals surface area (Å²) in [6.45, 7) is 0. The molecule has 5 heteroatoms. The maximum absolute atomic E-state index is 5.23. The van der Waals surface area contributed by atoms with Gasteiger partial charge in [-0.25, -0.2) is 0 Å². The first-order valence-corrected chi connectivity index (χ1v) is 4.16. The van der Waals surface area contributed by atoms with Gasteiger partial charge in [-0.3, -0.25) is 0 Å². The number of ether oxygens (including phenoxy) is 3. The second kappa shape index (κ2) is 4.81. The van der Waals surface area contributed by atoms with Crippen LogP contribution in [0.4, 0.5) is 0 Å². The van der Waals surface area contributed by atoms with E-state index in [2.05, 4.69) is 4.29 Å². The molecule has 0 unspecified atom stereocenters. The van der Waals surface area contributed by atoms with Crippen molar-refractivity contribution in [3.63, 3.8) is 0 Å². The molecule has 0 aromatic heterocycles. The molecule has 0 fully saturated rings. The minimum atomic E-state index is 0.432. The van der Waals surface area contributed by atoms with Crippen LogP contribution >= 0.6 is 11.9 Å². The first kappa shape index (κ1) is 10.8. The van der Waals surface area contributed by atoms with Crippen molar-refractivity contribution in [2.24, 2.45) is 0 Å². The van der Waals surface area contributed by atoms with Gasteiger partial charge in [-0.1, -0.05) is 0 Å². The van der Waals surface area contributed by atoms with E-state index >= 15 is 0 Å². The fourth-order valence-electron chi connectivity index (χ4n) is 1.10. The largest absolute Gasteiger partial charge is 0.493 e. The lowest BCUT2D eigenvalue weighted by molar-refractivity contribution is 0.322. The topological polar surface area (TPSA) is 36.9 Å². The minimum Gasteiger partial charge on any atom is -0.493 e. The zero-order valence-corrected chi connectivity index (χ0v) is 8.92. The van der Waals surface area contributed by atoms with Crippen molar-refractivity contribution in [1.29, 1.82) is 0 Å². The van der Waals surface area contributed by atoms with E-state index in [4.69, 9.17) is 26.1 Å². The van der Waals surface area contributed by atoms with Crippen LogP contribution in [0.2, 0.25) is 0 Å². The van der Waals surface area contributed by atoms with Crippen LogP contribution in [0, 0.1) is 0 Å². The van der Waals surface area contributed by atoms with Crippen LogP contribution < -0.4 is 18.5 Å². The molecule has 0 saturated carbocycles. The van der Waals surface area contributed by atoms with Crippen LogP contribution in [-0.4, -0.2) is 21.3 Å². The minimum absolute atomic E-state index is 0.432. The second-order valence-electron chi connectivity index (χ2n) is 2.44. The number of hydrogen-bond donors (Lipinski definition) is 0. The SMILES string of the molecule is COc1cc(OCl)cc(OC)c1OC. The molecule has 0 saturated heterocycles. The Labute approximate surface area is 87.5 Å². The van der Waals surface area contributed by atoms with E-state index in [1.165, 1.54) is 21.3 Å². The molecular formula is C9H11ClO4. The molecule has 1 rings (SSSR count). The van der Waals surface area contributed by atoms with Gasteiger partial charge in [0.15, 0.2) is 17.2 Å². The average molecular weight is 219 g/mol. The lowest BCUT2D eigenvalue weighted by atomic mass is 10.2. The number of benzene rings is 1. The maximum atomic E-state index is 5.23. The molecular weight excluding hydrogens is 208 g/mol. The van der Waals surface area contributed by atoms with Crippen LogP contribution in [0.1, 0.15) is 0 Å². The van der Waals surface area contributed by atoms with Crippen molar-refractivity contribution in [1.82, 2.24) is 0 Å². The molecule has 0 amide bonds. The van der Waals surface area contributed by atoms with Crippen molar-refractivity contribution in [3.8, 4) is 23.0 Å². The molecule has 0 aliphatic carbocycles. The summed E-state index contributed by atoms with van der Waals surface area (Å²) >= 11 is 5.23. The smallest absolute Gasteiger partial charge is 0.203 e. The van der Waals surface area contributed by atoms with E-state index in [0.29, 0.717) is 23.0 Å². The molecule has 0 radical (unpaired) electrons. The van der Waals surface area contributed by atoms with E-state index in [-0.39, 0.29) is 0 Å². The summed E-state index contributed by atoms with van der Waals surface area (Å²) in [5.41, 5.74) is 0. The van der Waals surface area contributed by atoms with Gasteiger partial charge in [-0.2, -0.15) is 0 Å². The van der Waals surface area contributed by atoms with E-state index in [0.717, 1.165) is 0 Å². The van der Waals surface area contributed by atoms with Crippen LogP contribution in [0.3, 0.4) is 0 Å². The Hall–Kier alpha value is -1.29. The zero-order valence-electron chi connectivity index (χ0n) is 8.17. The van der Waals surface area contributed by atoms with Crippen LogP contribution in [-0.2, 0) is 0 Å². The summed E-state index contributed by atoms with van der Waals surface area (Å²) < 4.78 is 19.8. The summed E-state index contributed by atoms with van der Waals surface area (Å²) in [6.07, 6.45) is 0. The first-order valence-electron chi connectivity index (χ1n) is 3.85. The summed E-state index contributed by atoms with van der Waals surface area (Å²) in [4.78, 5) is 0. The van der Waals surface area contributed by atoms with Gasteiger partial charge >= 0.3 is 0 Å². The highest BCUT2D eigenvalue weighted by Crippen LogP contribution is 2.40. The van der Waals surface area contributed by atoms with Crippen molar-refractivity contribution < 1.29 is 18.5 Å². The second-order valence-corrected chi connectivity index (χ2v) is 2.59. The van der Waals surface area contributed by atoms with Crippen molar-refractivity contribution >= 4 is 11.9 Å². The third-order valence-electron chi connectivity index (χ3n) is 1.73. The summed E-state index contributed by atoms with van der Waals surface area (Å²) in [5.74, 6) is 1.94. The highest BCUT2D eigenvalue weighted by Gasteiger charge is 2.13. The number of hydrogen-bond acceptors (Lipinski definition) is 4. The van der Waals surface area contributed by atoms with Gasteiger partial charge < -0.3 is 18.5 Å². The van der Waals surface area contributed by atoms with E-state index in [1.807, 2.05) is 0 Å². The predicted octanol–water partition coefficient (Wildman–Crippen LogP) is 2.25. The molecule has 0 atom stereocenters. The zero-order chi connectivity index (χ0) is 10.6. The van der Waals surface area contributed by atoms with Crippen molar-refractivity contribution in [2.75, 3.05) is 21.3 Å². The molecule has 14 heavy (non-hydrogen) atoms. The van der Waals surface area contributed by atoms with Gasteiger partial charge in [0.1, 0.15) is 11.9 Å². The molecule has 0 spiro atoms. The Balaban J connectivity index is 3.24. The summed E-state index contributed by atoms with van der Waals surface area (Å²) in [7, 11) is 4.58. The molecule has 0 aliphatic rings. The van der Waals surface area contributed by atoms with Crippen LogP contribution in [0.15, 0.2) is 12.1 Å². The van der Waals surface area contributed by atoms with Crippen LogP contribution in [0.5, 0.6) is 23.0 Å². The predicted molar refractivity (Wildman–Crippen MR) is 52.6 cm³/mol. The van der Waals surface area contributed by atoms with E-state index in [9.17, 15) is 0 Å². The molecule has 1 aromatic carbocycles. The molecule has 4 nitrogen and oxygen atoms in total. The monoisotopic (exact) mass is 218 g/mol. The molecule has 0 aliphatic heterocycles. The molecule has 78 valence electrons. The Morgan fingerprint density at radius 1 is 0.929 bits per heavy atom. The third kappa shape index (κ3) is 1.96. The Kier molecular flexibility index (Phi) is 3.71. The van der Waals surface area contributed by atoms with E-state index < -0.39 is 0 Å². The normalized spacial score (nSPS) is 9.43. The van der Waals surface area contributed by atoms with Gasteiger partial charge in [0.05, 0.1) is 21.3 Å². The number of halogens is 1. The standard InChI is InChI=1S/C9H11ClO4/c1-11-7-4-6(14-10)5-8(12-2)9(7)13-3/h4-5H,1-3H3. The van der Waals surface area contributed by atoms with Gasteiger partial charge in [0, 0.05) is 12.1 Å². The highest BCUT2D eigenvalue weighted by atomic mass is 35.5. The van der Waals surface area contributed by atoms with Crippen LogP contribution in [0.25, 0.3) is 0 Å². The lowest BCUT2D eigenvalue weighted by Crippen LogP contribution is -1.95. The quantitative estimate of drug-likeness (QED) is 0.777. The lowest BCUT2D eigenvalue weighted by Gasteiger charge is -2.12.